The second-order valence-corrected chi connectivity index (χ2v) is 7.46. The molecule has 1 unspecified atom stereocenters. The third-order valence-corrected chi connectivity index (χ3v) is 5.82. The zero-order chi connectivity index (χ0) is 15.6. The van der Waals surface area contributed by atoms with Crippen molar-refractivity contribution >= 4 is 37.7 Å². The Hall–Kier alpha value is -1.32. The predicted molar refractivity (Wildman–Crippen MR) is 81.3 cm³/mol. The first-order valence-corrected chi connectivity index (χ1v) is 8.47. The number of ether oxygens (including phenoxy) is 1. The Balaban J connectivity index is 2.14. The van der Waals surface area contributed by atoms with Crippen LogP contribution in [0.1, 0.15) is 6.42 Å². The molecule has 1 atom stereocenters. The van der Waals surface area contributed by atoms with Gasteiger partial charge in [-0.05, 0) is 40.5 Å². The molecule has 0 saturated carbocycles. The summed E-state index contributed by atoms with van der Waals surface area (Å²) < 4.78 is 31.4. The van der Waals surface area contributed by atoms with Crippen LogP contribution in [0.3, 0.4) is 0 Å². The van der Waals surface area contributed by atoms with E-state index in [1.165, 1.54) is 29.6 Å². The van der Waals surface area contributed by atoms with Gasteiger partial charge in [-0.25, -0.2) is 13.2 Å². The number of anilines is 1. The van der Waals surface area contributed by atoms with E-state index in [4.69, 9.17) is 5.73 Å². The van der Waals surface area contributed by atoms with Crippen LogP contribution in [0.5, 0.6) is 0 Å². The smallest absolute Gasteiger partial charge is 0.407 e. The molecule has 1 saturated heterocycles. The summed E-state index contributed by atoms with van der Waals surface area (Å²) >= 11 is 3.22. The molecule has 0 aromatic heterocycles. The van der Waals surface area contributed by atoms with E-state index < -0.39 is 16.1 Å². The highest BCUT2D eigenvalue weighted by Gasteiger charge is 2.33. The van der Waals surface area contributed by atoms with E-state index in [9.17, 15) is 13.2 Å². The largest absolute Gasteiger partial charge is 0.453 e. The lowest BCUT2D eigenvalue weighted by Crippen LogP contribution is -2.38. The molecule has 1 heterocycles. The van der Waals surface area contributed by atoms with Crippen molar-refractivity contribution < 1.29 is 17.9 Å². The Morgan fingerprint density at radius 3 is 2.86 bits per heavy atom. The Kier molecular flexibility index (Phi) is 4.74. The molecule has 0 bridgehead atoms. The van der Waals surface area contributed by atoms with Gasteiger partial charge >= 0.3 is 6.09 Å². The SMILES string of the molecule is COC(=O)NC1CCN(S(=O)(=O)c2ccc(N)c(Br)c2)C1. The molecule has 2 rings (SSSR count). The zero-order valence-electron chi connectivity index (χ0n) is 11.4. The number of benzene rings is 1. The molecular weight excluding hydrogens is 362 g/mol. The van der Waals surface area contributed by atoms with Gasteiger partial charge in [0, 0.05) is 29.3 Å². The van der Waals surface area contributed by atoms with E-state index >= 15 is 0 Å². The standard InChI is InChI=1S/C12H16BrN3O4S/c1-20-12(17)15-8-4-5-16(7-8)21(18,19)9-2-3-11(14)10(13)6-9/h2-3,6,8H,4-5,7,14H2,1H3,(H,15,17). The second kappa shape index (κ2) is 6.20. The van der Waals surface area contributed by atoms with E-state index in [1.54, 1.807) is 0 Å². The van der Waals surface area contributed by atoms with Gasteiger partial charge in [-0.1, -0.05) is 0 Å². The van der Waals surface area contributed by atoms with Gasteiger partial charge in [-0.15, -0.1) is 0 Å². The summed E-state index contributed by atoms with van der Waals surface area (Å²) in [6.45, 7) is 0.568. The summed E-state index contributed by atoms with van der Waals surface area (Å²) in [6, 6.07) is 4.24. The Morgan fingerprint density at radius 1 is 1.52 bits per heavy atom. The number of nitrogens with two attached hydrogens (primary N) is 1. The number of alkyl carbamates (subject to hydrolysis) is 1. The van der Waals surface area contributed by atoms with E-state index in [1.807, 2.05) is 0 Å². The van der Waals surface area contributed by atoms with E-state index in [0.29, 0.717) is 23.1 Å². The molecule has 9 heteroatoms. The third kappa shape index (κ3) is 3.47. The molecule has 1 aromatic carbocycles. The number of rotatable bonds is 3. The van der Waals surface area contributed by atoms with Gasteiger partial charge in [0.1, 0.15) is 0 Å². The van der Waals surface area contributed by atoms with Gasteiger partial charge < -0.3 is 15.8 Å². The number of nitrogens with one attached hydrogen (secondary N) is 1. The quantitative estimate of drug-likeness (QED) is 0.769. The molecule has 0 aliphatic carbocycles. The molecule has 1 amide bonds. The van der Waals surface area contributed by atoms with Crippen LogP contribution in [0, 0.1) is 0 Å². The van der Waals surface area contributed by atoms with E-state index in [-0.39, 0.29) is 17.5 Å². The van der Waals surface area contributed by atoms with Crippen molar-refractivity contribution in [2.24, 2.45) is 0 Å². The molecule has 1 fully saturated rings. The Bertz CT molecular complexity index is 650. The van der Waals surface area contributed by atoms with Gasteiger partial charge in [0.05, 0.1) is 12.0 Å². The fraction of sp³-hybridized carbons (Fsp3) is 0.417. The van der Waals surface area contributed by atoms with Crippen molar-refractivity contribution in [3.05, 3.63) is 22.7 Å². The minimum atomic E-state index is -3.60. The van der Waals surface area contributed by atoms with Gasteiger partial charge in [-0.3, -0.25) is 0 Å². The summed E-state index contributed by atoms with van der Waals surface area (Å²) in [5, 5.41) is 2.61. The summed E-state index contributed by atoms with van der Waals surface area (Å²) in [5.41, 5.74) is 6.13. The van der Waals surface area contributed by atoms with Crippen LogP contribution in [0.25, 0.3) is 0 Å². The van der Waals surface area contributed by atoms with Crippen molar-refractivity contribution in [3.8, 4) is 0 Å². The summed E-state index contributed by atoms with van der Waals surface area (Å²) in [4.78, 5) is 11.3. The number of amides is 1. The molecule has 0 spiro atoms. The Morgan fingerprint density at radius 2 is 2.24 bits per heavy atom. The predicted octanol–water partition coefficient (Wildman–Crippen LogP) is 1.15. The van der Waals surface area contributed by atoms with Gasteiger partial charge in [-0.2, -0.15) is 4.31 Å². The van der Waals surface area contributed by atoms with Crippen molar-refractivity contribution in [2.75, 3.05) is 25.9 Å². The molecule has 1 aliphatic heterocycles. The lowest BCUT2D eigenvalue weighted by atomic mass is 10.3. The average Bonchev–Trinajstić information content (AvgIpc) is 2.90. The van der Waals surface area contributed by atoms with Gasteiger partial charge in [0.15, 0.2) is 0 Å². The maximum absolute atomic E-state index is 12.5. The lowest BCUT2D eigenvalue weighted by Gasteiger charge is -2.17. The van der Waals surface area contributed by atoms with Crippen LogP contribution < -0.4 is 11.1 Å². The molecule has 1 aromatic rings. The minimum Gasteiger partial charge on any atom is -0.453 e. The van der Waals surface area contributed by atoms with Gasteiger partial charge in [0.2, 0.25) is 10.0 Å². The van der Waals surface area contributed by atoms with Crippen LogP contribution in [-0.4, -0.2) is 45.1 Å². The number of carbonyl (C=O) groups is 1. The third-order valence-electron chi connectivity index (χ3n) is 3.27. The van der Waals surface area contributed by atoms with Crippen LogP contribution >= 0.6 is 15.9 Å². The first-order valence-electron chi connectivity index (χ1n) is 6.24. The Labute approximate surface area is 131 Å². The highest BCUT2D eigenvalue weighted by Crippen LogP contribution is 2.27. The topological polar surface area (TPSA) is 102 Å². The monoisotopic (exact) mass is 377 g/mol. The van der Waals surface area contributed by atoms with Crippen LogP contribution in [-0.2, 0) is 14.8 Å². The van der Waals surface area contributed by atoms with Crippen molar-refractivity contribution in [2.45, 2.75) is 17.4 Å². The molecule has 3 N–H and O–H groups in total. The highest BCUT2D eigenvalue weighted by atomic mass is 79.9. The number of sulfonamides is 1. The number of hydrogen-bond donors (Lipinski definition) is 2. The summed E-state index contributed by atoms with van der Waals surface area (Å²) in [7, 11) is -2.33. The highest BCUT2D eigenvalue weighted by molar-refractivity contribution is 9.10. The number of methoxy groups -OCH3 is 1. The first-order chi connectivity index (χ1) is 9.84. The summed E-state index contributed by atoms with van der Waals surface area (Å²) in [6.07, 6.45) is -0.0146. The van der Waals surface area contributed by atoms with Gasteiger partial charge in [0.25, 0.3) is 0 Å². The van der Waals surface area contributed by atoms with E-state index in [0.717, 1.165) is 0 Å². The minimum absolute atomic E-state index is 0.169. The second-order valence-electron chi connectivity index (χ2n) is 4.67. The fourth-order valence-corrected chi connectivity index (χ4v) is 4.16. The van der Waals surface area contributed by atoms with Crippen molar-refractivity contribution in [1.29, 1.82) is 0 Å². The number of hydrogen-bond acceptors (Lipinski definition) is 5. The van der Waals surface area contributed by atoms with Crippen LogP contribution in [0.4, 0.5) is 10.5 Å². The first kappa shape index (κ1) is 16.1. The molecule has 1 aliphatic rings. The zero-order valence-corrected chi connectivity index (χ0v) is 13.8. The molecule has 21 heavy (non-hydrogen) atoms. The number of carbonyl (C=O) groups excluding carboxylic acids is 1. The molecule has 0 radical (unpaired) electrons. The van der Waals surface area contributed by atoms with Crippen LogP contribution in [0.15, 0.2) is 27.6 Å². The van der Waals surface area contributed by atoms with Crippen molar-refractivity contribution in [1.82, 2.24) is 9.62 Å². The maximum Gasteiger partial charge on any atom is 0.407 e. The van der Waals surface area contributed by atoms with E-state index in [2.05, 4.69) is 26.0 Å². The number of nitrogens with zero attached hydrogens (tertiary/aromatic N) is 1. The average molecular weight is 378 g/mol. The summed E-state index contributed by atoms with van der Waals surface area (Å²) in [5.74, 6) is 0. The number of halogens is 1. The van der Waals surface area contributed by atoms with Crippen molar-refractivity contribution in [3.63, 3.8) is 0 Å². The normalized spacial score (nSPS) is 19.4. The van der Waals surface area contributed by atoms with Crippen LogP contribution in [0.2, 0.25) is 0 Å². The molecule has 7 nitrogen and oxygen atoms in total. The lowest BCUT2D eigenvalue weighted by molar-refractivity contribution is 0.167. The number of nitrogen functional groups attached to an aromatic ring is 1. The molecular formula is C12H16BrN3O4S. The molecule has 116 valence electrons. The fourth-order valence-electron chi connectivity index (χ4n) is 2.11. The maximum atomic E-state index is 12.5.